The Kier molecular flexibility index (Phi) is 5.17. The number of thioether (sulfide) groups is 1. The zero-order valence-corrected chi connectivity index (χ0v) is 13.2. The first-order valence-electron chi connectivity index (χ1n) is 6.34. The summed E-state index contributed by atoms with van der Waals surface area (Å²) in [5, 5.41) is 3.43. The van der Waals surface area contributed by atoms with Crippen molar-refractivity contribution in [2.75, 3.05) is 0 Å². The standard InChI is InChI=1S/C14H25N3S/c1-13(2,3)17-9-11-7-15-12(16-8-11)10-18-14(4,5)6/h7-8,17H,9-10H2,1-6H3. The Hall–Kier alpha value is -0.610. The van der Waals surface area contributed by atoms with Gasteiger partial charge in [-0.05, 0) is 20.8 Å². The summed E-state index contributed by atoms with van der Waals surface area (Å²) in [6, 6.07) is 0. The van der Waals surface area contributed by atoms with Crippen LogP contribution in [0.4, 0.5) is 0 Å². The monoisotopic (exact) mass is 267 g/mol. The van der Waals surface area contributed by atoms with Crippen LogP contribution in [0.2, 0.25) is 0 Å². The second-order valence-electron chi connectivity index (χ2n) is 6.51. The third-order valence-corrected chi connectivity index (χ3v) is 3.48. The molecule has 0 aromatic carbocycles. The fraction of sp³-hybridized carbons (Fsp3) is 0.714. The van der Waals surface area contributed by atoms with Gasteiger partial charge >= 0.3 is 0 Å². The van der Waals surface area contributed by atoms with E-state index in [-0.39, 0.29) is 10.3 Å². The van der Waals surface area contributed by atoms with E-state index in [2.05, 4.69) is 56.8 Å². The molecule has 1 N–H and O–H groups in total. The molecule has 18 heavy (non-hydrogen) atoms. The Morgan fingerprint density at radius 1 is 1.06 bits per heavy atom. The smallest absolute Gasteiger partial charge is 0.138 e. The van der Waals surface area contributed by atoms with Gasteiger partial charge in [0, 0.05) is 34.8 Å². The van der Waals surface area contributed by atoms with Crippen LogP contribution in [0.25, 0.3) is 0 Å². The Bertz CT molecular complexity index is 323. The van der Waals surface area contributed by atoms with E-state index >= 15 is 0 Å². The molecule has 0 spiro atoms. The van der Waals surface area contributed by atoms with Crippen molar-refractivity contribution < 1.29 is 0 Å². The minimum Gasteiger partial charge on any atom is -0.308 e. The summed E-state index contributed by atoms with van der Waals surface area (Å²) in [5.41, 5.74) is 1.26. The molecule has 1 heterocycles. The van der Waals surface area contributed by atoms with Gasteiger partial charge in [-0.25, -0.2) is 9.97 Å². The van der Waals surface area contributed by atoms with Crippen molar-refractivity contribution in [2.24, 2.45) is 0 Å². The summed E-state index contributed by atoms with van der Waals surface area (Å²) in [6.45, 7) is 13.9. The van der Waals surface area contributed by atoms with Crippen LogP contribution in [0.3, 0.4) is 0 Å². The van der Waals surface area contributed by atoms with Crippen molar-refractivity contribution >= 4 is 11.8 Å². The van der Waals surface area contributed by atoms with Crippen molar-refractivity contribution in [3.63, 3.8) is 0 Å². The number of hydrogen-bond acceptors (Lipinski definition) is 4. The van der Waals surface area contributed by atoms with E-state index < -0.39 is 0 Å². The van der Waals surface area contributed by atoms with Gasteiger partial charge in [-0.2, -0.15) is 0 Å². The molecular weight excluding hydrogens is 242 g/mol. The predicted molar refractivity (Wildman–Crippen MR) is 79.7 cm³/mol. The summed E-state index contributed by atoms with van der Waals surface area (Å²) in [5.74, 6) is 1.78. The summed E-state index contributed by atoms with van der Waals surface area (Å²) >= 11 is 1.87. The first-order chi connectivity index (χ1) is 8.16. The molecule has 102 valence electrons. The lowest BCUT2D eigenvalue weighted by Crippen LogP contribution is -2.35. The average Bonchev–Trinajstić information content (AvgIpc) is 2.23. The Morgan fingerprint density at radius 3 is 2.06 bits per heavy atom. The lowest BCUT2D eigenvalue weighted by molar-refractivity contribution is 0.423. The van der Waals surface area contributed by atoms with Crippen LogP contribution in [0, 0.1) is 0 Å². The summed E-state index contributed by atoms with van der Waals surface area (Å²) in [4.78, 5) is 8.82. The van der Waals surface area contributed by atoms with Crippen molar-refractivity contribution in [3.8, 4) is 0 Å². The molecule has 1 aromatic rings. The highest BCUT2D eigenvalue weighted by atomic mass is 32.2. The molecule has 0 aliphatic rings. The summed E-state index contributed by atoms with van der Waals surface area (Å²) in [6.07, 6.45) is 3.84. The average molecular weight is 267 g/mol. The molecule has 3 nitrogen and oxygen atoms in total. The van der Waals surface area contributed by atoms with Gasteiger partial charge in [0.05, 0.1) is 5.75 Å². The Morgan fingerprint density at radius 2 is 1.61 bits per heavy atom. The van der Waals surface area contributed by atoms with Crippen LogP contribution in [0.5, 0.6) is 0 Å². The maximum absolute atomic E-state index is 4.41. The van der Waals surface area contributed by atoms with E-state index in [1.165, 1.54) is 0 Å². The van der Waals surface area contributed by atoms with E-state index in [1.807, 2.05) is 24.2 Å². The molecule has 0 saturated heterocycles. The van der Waals surface area contributed by atoms with Crippen molar-refractivity contribution in [3.05, 3.63) is 23.8 Å². The van der Waals surface area contributed by atoms with Gasteiger partial charge in [-0.3, -0.25) is 0 Å². The van der Waals surface area contributed by atoms with Gasteiger partial charge < -0.3 is 5.32 Å². The van der Waals surface area contributed by atoms with Crippen LogP contribution < -0.4 is 5.32 Å². The minimum absolute atomic E-state index is 0.126. The van der Waals surface area contributed by atoms with Crippen LogP contribution in [0.1, 0.15) is 52.9 Å². The lowest BCUT2D eigenvalue weighted by Gasteiger charge is -2.20. The maximum Gasteiger partial charge on any atom is 0.138 e. The van der Waals surface area contributed by atoms with Crippen LogP contribution in [-0.2, 0) is 12.3 Å². The highest BCUT2D eigenvalue weighted by Gasteiger charge is 2.12. The predicted octanol–water partition coefficient (Wildman–Crippen LogP) is 3.40. The Labute approximate surface area is 115 Å². The second-order valence-corrected chi connectivity index (χ2v) is 8.31. The minimum atomic E-state index is 0.126. The fourth-order valence-corrected chi connectivity index (χ4v) is 1.91. The van der Waals surface area contributed by atoms with Crippen molar-refractivity contribution in [1.82, 2.24) is 15.3 Å². The molecule has 0 saturated carbocycles. The lowest BCUT2D eigenvalue weighted by atomic mass is 10.1. The molecule has 0 radical (unpaired) electrons. The molecule has 4 heteroatoms. The molecule has 0 amide bonds. The van der Waals surface area contributed by atoms with E-state index in [0.717, 1.165) is 23.7 Å². The number of aromatic nitrogens is 2. The van der Waals surface area contributed by atoms with Crippen molar-refractivity contribution in [2.45, 2.75) is 64.1 Å². The van der Waals surface area contributed by atoms with Gasteiger partial charge in [0.25, 0.3) is 0 Å². The Balaban J connectivity index is 2.48. The largest absolute Gasteiger partial charge is 0.308 e. The third-order valence-electron chi connectivity index (χ3n) is 2.22. The van der Waals surface area contributed by atoms with Crippen LogP contribution >= 0.6 is 11.8 Å². The quantitative estimate of drug-likeness (QED) is 0.907. The molecule has 0 unspecified atom stereocenters. The maximum atomic E-state index is 4.41. The van der Waals surface area contributed by atoms with Gasteiger partial charge in [0.1, 0.15) is 5.82 Å². The molecule has 1 rings (SSSR count). The topological polar surface area (TPSA) is 37.8 Å². The SMILES string of the molecule is CC(C)(C)NCc1cnc(CSC(C)(C)C)nc1. The zero-order valence-electron chi connectivity index (χ0n) is 12.4. The van der Waals surface area contributed by atoms with Gasteiger partial charge in [0.2, 0.25) is 0 Å². The first-order valence-corrected chi connectivity index (χ1v) is 7.33. The number of nitrogens with zero attached hydrogens (tertiary/aromatic N) is 2. The first kappa shape index (κ1) is 15.4. The highest BCUT2D eigenvalue weighted by molar-refractivity contribution is 7.99. The molecule has 0 aliphatic carbocycles. The van der Waals surface area contributed by atoms with Gasteiger partial charge in [-0.15, -0.1) is 11.8 Å². The normalized spacial score (nSPS) is 12.8. The summed E-state index contributed by atoms with van der Waals surface area (Å²) < 4.78 is 0.260. The fourth-order valence-electron chi connectivity index (χ4n) is 1.20. The number of hydrogen-bond donors (Lipinski definition) is 1. The third kappa shape index (κ3) is 6.97. The highest BCUT2D eigenvalue weighted by Crippen LogP contribution is 2.25. The van der Waals surface area contributed by atoms with Crippen LogP contribution in [-0.4, -0.2) is 20.3 Å². The van der Waals surface area contributed by atoms with E-state index in [0.29, 0.717) is 0 Å². The molecule has 1 aromatic heterocycles. The van der Waals surface area contributed by atoms with E-state index in [9.17, 15) is 0 Å². The van der Waals surface area contributed by atoms with Crippen LogP contribution in [0.15, 0.2) is 12.4 Å². The van der Waals surface area contributed by atoms with Crippen molar-refractivity contribution in [1.29, 1.82) is 0 Å². The molecule has 0 fully saturated rings. The van der Waals surface area contributed by atoms with E-state index in [4.69, 9.17) is 0 Å². The number of rotatable bonds is 4. The van der Waals surface area contributed by atoms with Gasteiger partial charge in [-0.1, -0.05) is 20.8 Å². The number of nitrogens with one attached hydrogen (secondary N) is 1. The molecular formula is C14H25N3S. The van der Waals surface area contributed by atoms with E-state index in [1.54, 1.807) is 0 Å². The zero-order chi connectivity index (χ0) is 13.8. The van der Waals surface area contributed by atoms with Gasteiger partial charge in [0.15, 0.2) is 0 Å². The molecule has 0 bridgehead atoms. The second kappa shape index (κ2) is 6.02. The molecule has 0 aliphatic heterocycles. The summed E-state index contributed by atoms with van der Waals surface area (Å²) in [7, 11) is 0. The molecule has 0 atom stereocenters.